The molecule has 12 heteroatoms. The maximum absolute atomic E-state index is 13.1. The Labute approximate surface area is 178 Å². The molecule has 5 heterocycles. The molecule has 1 aliphatic rings. The van der Waals surface area contributed by atoms with Gasteiger partial charge in [-0.25, -0.2) is 19.9 Å². The molecule has 0 saturated carbocycles. The highest BCUT2D eigenvalue weighted by Gasteiger charge is 2.31. The van der Waals surface area contributed by atoms with Crippen molar-refractivity contribution in [3.63, 3.8) is 0 Å². The summed E-state index contributed by atoms with van der Waals surface area (Å²) in [4.78, 5) is 30.8. The molecule has 0 unspecified atom stereocenters. The van der Waals surface area contributed by atoms with Crippen molar-refractivity contribution in [3.05, 3.63) is 60.3 Å². The molecule has 5 rings (SSSR count). The van der Waals surface area contributed by atoms with Crippen molar-refractivity contribution in [2.24, 2.45) is 0 Å². The number of nitrogens with two attached hydrogens (primary N) is 1. The molecule has 0 saturated heterocycles. The number of halogens is 3. The second-order valence-electron chi connectivity index (χ2n) is 6.94. The van der Waals surface area contributed by atoms with Crippen LogP contribution in [0.25, 0.3) is 16.9 Å². The van der Waals surface area contributed by atoms with Gasteiger partial charge in [-0.15, -0.1) is 0 Å². The molecule has 9 nitrogen and oxygen atoms in total. The molecule has 0 bridgehead atoms. The second-order valence-corrected chi connectivity index (χ2v) is 6.94. The van der Waals surface area contributed by atoms with Crippen molar-refractivity contribution < 1.29 is 22.7 Å². The van der Waals surface area contributed by atoms with Crippen LogP contribution in [0.2, 0.25) is 0 Å². The molecule has 4 aromatic rings. The Morgan fingerprint density at radius 1 is 1.09 bits per heavy atom. The molecule has 0 radical (unpaired) electrons. The number of fused-ring (bicyclic) bond motifs is 2. The van der Waals surface area contributed by atoms with Crippen LogP contribution in [0.4, 0.5) is 24.7 Å². The fourth-order valence-electron chi connectivity index (χ4n) is 3.48. The summed E-state index contributed by atoms with van der Waals surface area (Å²) in [6.45, 7) is 0.403. The summed E-state index contributed by atoms with van der Waals surface area (Å²) in [7, 11) is 0. The number of nitrogen functional groups attached to an aromatic ring is 1. The molecule has 1 aliphatic heterocycles. The van der Waals surface area contributed by atoms with Crippen molar-refractivity contribution in [2.75, 3.05) is 23.8 Å². The summed E-state index contributed by atoms with van der Waals surface area (Å²) >= 11 is 0. The van der Waals surface area contributed by atoms with E-state index >= 15 is 0 Å². The number of nitrogens with zero attached hydrogens (tertiary/aromatic N) is 6. The van der Waals surface area contributed by atoms with E-state index in [1.807, 2.05) is 0 Å². The number of rotatable bonds is 2. The Bertz CT molecular complexity index is 1350. The first-order chi connectivity index (χ1) is 15.3. The third kappa shape index (κ3) is 3.25. The highest BCUT2D eigenvalue weighted by molar-refractivity contribution is 6.11. The molecule has 0 atom stereocenters. The lowest BCUT2D eigenvalue weighted by molar-refractivity contribution is -0.137. The van der Waals surface area contributed by atoms with Gasteiger partial charge in [-0.3, -0.25) is 9.36 Å². The Kier molecular flexibility index (Phi) is 4.43. The second kappa shape index (κ2) is 7.18. The van der Waals surface area contributed by atoms with Crippen LogP contribution in [0, 0.1) is 0 Å². The minimum Gasteiger partial charge on any atom is -0.475 e. The van der Waals surface area contributed by atoms with Crippen molar-refractivity contribution >= 4 is 28.4 Å². The summed E-state index contributed by atoms with van der Waals surface area (Å²) in [6.07, 6.45) is 0.847. The minimum absolute atomic E-state index is 0.00251. The van der Waals surface area contributed by atoms with Gasteiger partial charge in [-0.2, -0.15) is 13.2 Å². The molecule has 0 fully saturated rings. The molecule has 0 aliphatic carbocycles. The normalized spacial score (nSPS) is 14.2. The molecular formula is C20H14F3N7O2. The lowest BCUT2D eigenvalue weighted by Crippen LogP contribution is -2.32. The van der Waals surface area contributed by atoms with E-state index in [0.717, 1.165) is 18.3 Å². The lowest BCUT2D eigenvalue weighted by Gasteiger charge is -2.20. The molecule has 0 aromatic carbocycles. The van der Waals surface area contributed by atoms with Crippen LogP contribution >= 0.6 is 0 Å². The maximum atomic E-state index is 13.1. The van der Waals surface area contributed by atoms with Crippen LogP contribution in [0.1, 0.15) is 15.9 Å². The molecule has 4 aromatic heterocycles. The van der Waals surface area contributed by atoms with Crippen LogP contribution in [0.3, 0.4) is 0 Å². The van der Waals surface area contributed by atoms with Crippen LogP contribution in [-0.4, -0.2) is 43.6 Å². The maximum Gasteiger partial charge on any atom is 0.416 e. The van der Waals surface area contributed by atoms with Gasteiger partial charge in [0.2, 0.25) is 5.88 Å². The van der Waals surface area contributed by atoms with Gasteiger partial charge in [0.1, 0.15) is 35.8 Å². The number of pyridine rings is 2. The fraction of sp³-hybridized carbons (Fsp3) is 0.150. The van der Waals surface area contributed by atoms with E-state index in [-0.39, 0.29) is 36.2 Å². The lowest BCUT2D eigenvalue weighted by atomic mass is 10.2. The van der Waals surface area contributed by atoms with Gasteiger partial charge < -0.3 is 15.4 Å². The third-order valence-electron chi connectivity index (χ3n) is 5.00. The quantitative estimate of drug-likeness (QED) is 0.509. The number of hydrogen-bond acceptors (Lipinski definition) is 7. The van der Waals surface area contributed by atoms with Crippen LogP contribution < -0.4 is 15.4 Å². The number of ether oxygens (including phenoxy) is 1. The van der Waals surface area contributed by atoms with Crippen molar-refractivity contribution in [1.29, 1.82) is 0 Å². The van der Waals surface area contributed by atoms with Gasteiger partial charge >= 0.3 is 6.18 Å². The third-order valence-corrected chi connectivity index (χ3v) is 5.00. The number of amides is 1. The van der Waals surface area contributed by atoms with Gasteiger partial charge in [-0.1, -0.05) is 0 Å². The SMILES string of the molecule is Nc1ncnc2c1C(=O)N(c1cnc3c(ccn3-c3cc(C(F)(F)F)ccn3)c1)CCO2. The van der Waals surface area contributed by atoms with E-state index in [9.17, 15) is 18.0 Å². The molecule has 2 N–H and O–H groups in total. The van der Waals surface area contributed by atoms with E-state index in [0.29, 0.717) is 16.7 Å². The fourth-order valence-corrected chi connectivity index (χ4v) is 3.48. The van der Waals surface area contributed by atoms with Gasteiger partial charge in [0.25, 0.3) is 5.91 Å². The highest BCUT2D eigenvalue weighted by Crippen LogP contribution is 2.32. The Morgan fingerprint density at radius 3 is 2.75 bits per heavy atom. The summed E-state index contributed by atoms with van der Waals surface area (Å²) in [5, 5.41) is 0.609. The molecular weight excluding hydrogens is 427 g/mol. The van der Waals surface area contributed by atoms with E-state index in [1.165, 1.54) is 22.0 Å². The van der Waals surface area contributed by atoms with Gasteiger partial charge in [0.05, 0.1) is 24.0 Å². The number of carbonyl (C=O) groups excluding carboxylic acids is 1. The molecule has 162 valence electrons. The van der Waals surface area contributed by atoms with E-state index in [4.69, 9.17) is 10.5 Å². The molecule has 32 heavy (non-hydrogen) atoms. The van der Waals surface area contributed by atoms with Gasteiger partial charge in [-0.05, 0) is 24.3 Å². The number of alkyl halides is 3. The first-order valence-corrected chi connectivity index (χ1v) is 9.39. The summed E-state index contributed by atoms with van der Waals surface area (Å²) in [6, 6.07) is 5.23. The average molecular weight is 441 g/mol. The van der Waals surface area contributed by atoms with E-state index in [1.54, 1.807) is 18.3 Å². The minimum atomic E-state index is -4.49. The summed E-state index contributed by atoms with van der Waals surface area (Å²) in [5.41, 5.74) is 5.97. The monoisotopic (exact) mass is 441 g/mol. The summed E-state index contributed by atoms with van der Waals surface area (Å²) < 4.78 is 46.2. The Balaban J connectivity index is 1.54. The van der Waals surface area contributed by atoms with Crippen LogP contribution in [0.15, 0.2) is 49.2 Å². The summed E-state index contributed by atoms with van der Waals surface area (Å²) in [5.74, 6) is -0.243. The zero-order valence-electron chi connectivity index (χ0n) is 16.2. The highest BCUT2D eigenvalue weighted by atomic mass is 19.4. The standard InChI is InChI=1S/C20H14F3N7O2/c21-20(22,23)12-1-3-25-14(8-12)30-4-2-11-7-13(9-26-17(11)30)29-5-6-32-18-15(19(29)31)16(24)27-10-28-18/h1-4,7-10H,5-6H2,(H2,24,27,28). The first kappa shape index (κ1) is 19.7. The topological polar surface area (TPSA) is 112 Å². The number of carbonyl (C=O) groups is 1. The average Bonchev–Trinajstić information content (AvgIpc) is 3.11. The smallest absolute Gasteiger partial charge is 0.416 e. The predicted octanol–water partition coefficient (Wildman–Crippen LogP) is 2.85. The van der Waals surface area contributed by atoms with Crippen molar-refractivity contribution in [1.82, 2.24) is 24.5 Å². The van der Waals surface area contributed by atoms with Crippen LogP contribution in [-0.2, 0) is 6.18 Å². The van der Waals surface area contributed by atoms with Gasteiger partial charge in [0.15, 0.2) is 0 Å². The number of hydrogen-bond donors (Lipinski definition) is 1. The zero-order chi connectivity index (χ0) is 22.5. The number of anilines is 2. The Hall–Kier alpha value is -4.22. The van der Waals surface area contributed by atoms with Crippen LogP contribution in [0.5, 0.6) is 5.88 Å². The Morgan fingerprint density at radius 2 is 1.94 bits per heavy atom. The van der Waals surface area contributed by atoms with Gasteiger partial charge in [0, 0.05) is 17.8 Å². The largest absolute Gasteiger partial charge is 0.475 e. The first-order valence-electron chi connectivity index (χ1n) is 9.39. The zero-order valence-corrected chi connectivity index (χ0v) is 16.2. The predicted molar refractivity (Wildman–Crippen MR) is 107 cm³/mol. The van der Waals surface area contributed by atoms with E-state index < -0.39 is 17.6 Å². The molecule has 1 amide bonds. The van der Waals surface area contributed by atoms with Crippen molar-refractivity contribution in [2.45, 2.75) is 6.18 Å². The van der Waals surface area contributed by atoms with E-state index in [2.05, 4.69) is 19.9 Å². The molecule has 0 spiro atoms. The van der Waals surface area contributed by atoms with Crippen molar-refractivity contribution in [3.8, 4) is 11.7 Å². The number of aromatic nitrogens is 5.